The number of sulfone groups is 1. The van der Waals surface area contributed by atoms with Crippen LogP contribution in [0.25, 0.3) is 10.9 Å². The Kier molecular flexibility index (Phi) is 7.80. The molecule has 1 heterocycles. The Bertz CT molecular complexity index is 1870. The summed E-state index contributed by atoms with van der Waals surface area (Å²) >= 11 is 0. The monoisotopic (exact) mass is 564 g/mol. The molecule has 2 N–H and O–H groups in total. The topological polar surface area (TPSA) is 130 Å². The molecule has 0 bridgehead atoms. The quantitative estimate of drug-likeness (QED) is 0.219. The van der Waals surface area contributed by atoms with Gasteiger partial charge in [0, 0.05) is 35.3 Å². The summed E-state index contributed by atoms with van der Waals surface area (Å²) in [5, 5.41) is 15.7. The van der Waals surface area contributed by atoms with E-state index in [9.17, 15) is 18.5 Å². The van der Waals surface area contributed by atoms with Crippen LogP contribution in [0, 0.1) is 11.3 Å². The average Bonchev–Trinajstić information content (AvgIpc) is 2.97. The number of hydrogen-bond donors (Lipinski definition) is 2. The summed E-state index contributed by atoms with van der Waals surface area (Å²) in [5.41, 5.74) is 2.80. The molecule has 41 heavy (non-hydrogen) atoms. The van der Waals surface area contributed by atoms with Gasteiger partial charge in [0.1, 0.15) is 29.9 Å². The number of pyridine rings is 1. The van der Waals surface area contributed by atoms with Gasteiger partial charge in [0.2, 0.25) is 0 Å². The summed E-state index contributed by atoms with van der Waals surface area (Å²) in [6.07, 6.45) is 2.72. The summed E-state index contributed by atoms with van der Waals surface area (Å²) in [6, 6.07) is 29.2. The van der Waals surface area contributed by atoms with E-state index in [1.807, 2.05) is 30.3 Å². The number of nitrogens with one attached hydrogen (secondary N) is 2. The smallest absolute Gasteiger partial charge is 0.323 e. The SMILES string of the molecule is CS(=O)(=O)c1cccc(NC(=O)Nc2ccc(Oc3ccnc4cc(OCc5ccccc5)c(C#N)cc34)cc2)c1. The molecule has 0 saturated heterocycles. The van der Waals surface area contributed by atoms with E-state index in [2.05, 4.69) is 21.7 Å². The minimum Gasteiger partial charge on any atom is -0.487 e. The van der Waals surface area contributed by atoms with E-state index in [4.69, 9.17) is 9.47 Å². The number of urea groups is 1. The van der Waals surface area contributed by atoms with Crippen molar-refractivity contribution < 1.29 is 22.7 Å². The van der Waals surface area contributed by atoms with Crippen LogP contribution in [0.15, 0.2) is 108 Å². The molecule has 0 unspecified atom stereocenters. The largest absolute Gasteiger partial charge is 0.487 e. The van der Waals surface area contributed by atoms with Crippen molar-refractivity contribution in [1.29, 1.82) is 5.26 Å². The third-order valence-corrected chi connectivity index (χ3v) is 7.13. The number of ether oxygens (including phenoxy) is 2. The molecule has 10 heteroatoms. The molecule has 0 aliphatic carbocycles. The molecule has 0 aliphatic heterocycles. The number of amides is 2. The zero-order valence-corrected chi connectivity index (χ0v) is 22.7. The number of hydrogen-bond acceptors (Lipinski definition) is 7. The summed E-state index contributed by atoms with van der Waals surface area (Å²) in [6.45, 7) is 0.322. The molecule has 0 radical (unpaired) electrons. The molecule has 9 nitrogen and oxygen atoms in total. The number of anilines is 2. The fraction of sp³-hybridized carbons (Fsp3) is 0.0645. The van der Waals surface area contributed by atoms with E-state index >= 15 is 0 Å². The molecule has 5 rings (SSSR count). The van der Waals surface area contributed by atoms with Crippen molar-refractivity contribution in [2.75, 3.05) is 16.9 Å². The molecule has 4 aromatic carbocycles. The van der Waals surface area contributed by atoms with Gasteiger partial charge in [0.25, 0.3) is 0 Å². The van der Waals surface area contributed by atoms with Crippen molar-refractivity contribution in [1.82, 2.24) is 4.98 Å². The van der Waals surface area contributed by atoms with Crippen LogP contribution in [0.2, 0.25) is 0 Å². The number of benzene rings is 4. The van der Waals surface area contributed by atoms with Crippen LogP contribution >= 0.6 is 0 Å². The first kappa shape index (κ1) is 27.2. The predicted octanol–water partition coefficient (Wildman–Crippen LogP) is 6.53. The second-order valence-electron chi connectivity index (χ2n) is 9.07. The van der Waals surface area contributed by atoms with E-state index in [1.54, 1.807) is 60.8 Å². The van der Waals surface area contributed by atoms with Gasteiger partial charge in [-0.05, 0) is 60.2 Å². The maximum absolute atomic E-state index is 12.4. The molecule has 204 valence electrons. The number of carbonyl (C=O) groups excluding carboxylic acids is 1. The minimum atomic E-state index is -3.40. The van der Waals surface area contributed by atoms with Crippen molar-refractivity contribution >= 4 is 38.1 Å². The summed E-state index contributed by atoms with van der Waals surface area (Å²) in [7, 11) is -3.40. The summed E-state index contributed by atoms with van der Waals surface area (Å²) in [4.78, 5) is 17.0. The lowest BCUT2D eigenvalue weighted by molar-refractivity contribution is 0.262. The Morgan fingerprint density at radius 2 is 1.63 bits per heavy atom. The first-order valence-electron chi connectivity index (χ1n) is 12.4. The Morgan fingerprint density at radius 3 is 2.37 bits per heavy atom. The number of nitriles is 1. The van der Waals surface area contributed by atoms with Crippen LogP contribution in [0.4, 0.5) is 16.2 Å². The fourth-order valence-corrected chi connectivity index (χ4v) is 4.68. The van der Waals surface area contributed by atoms with E-state index in [0.29, 0.717) is 51.7 Å². The molecule has 0 atom stereocenters. The normalized spacial score (nSPS) is 10.9. The molecule has 2 amide bonds. The van der Waals surface area contributed by atoms with Gasteiger partial charge in [-0.25, -0.2) is 13.2 Å². The van der Waals surface area contributed by atoms with Gasteiger partial charge in [-0.2, -0.15) is 5.26 Å². The first-order valence-corrected chi connectivity index (χ1v) is 14.3. The zero-order valence-electron chi connectivity index (χ0n) is 21.9. The number of nitrogens with zero attached hydrogens (tertiary/aromatic N) is 2. The van der Waals surface area contributed by atoms with Gasteiger partial charge in [-0.3, -0.25) is 4.98 Å². The Morgan fingerprint density at radius 1 is 0.878 bits per heavy atom. The number of carbonyl (C=O) groups is 1. The molecule has 5 aromatic rings. The molecule has 0 saturated carbocycles. The zero-order chi connectivity index (χ0) is 28.8. The van der Waals surface area contributed by atoms with Gasteiger partial charge < -0.3 is 20.1 Å². The highest BCUT2D eigenvalue weighted by Gasteiger charge is 2.13. The first-order chi connectivity index (χ1) is 19.8. The van der Waals surface area contributed by atoms with Crippen LogP contribution in [-0.2, 0) is 16.4 Å². The van der Waals surface area contributed by atoms with Crippen LogP contribution in [0.1, 0.15) is 11.1 Å². The highest BCUT2D eigenvalue weighted by atomic mass is 32.2. The van der Waals surface area contributed by atoms with Gasteiger partial charge >= 0.3 is 6.03 Å². The van der Waals surface area contributed by atoms with Gasteiger partial charge in [0.05, 0.1) is 16.0 Å². The lowest BCUT2D eigenvalue weighted by atomic mass is 10.1. The van der Waals surface area contributed by atoms with E-state index in [0.717, 1.165) is 11.8 Å². The van der Waals surface area contributed by atoms with Crippen LogP contribution in [-0.4, -0.2) is 25.7 Å². The van der Waals surface area contributed by atoms with Crippen molar-refractivity contribution in [2.24, 2.45) is 0 Å². The average molecular weight is 565 g/mol. The van der Waals surface area contributed by atoms with E-state index < -0.39 is 15.9 Å². The maximum atomic E-state index is 12.4. The Balaban J connectivity index is 1.27. The second-order valence-corrected chi connectivity index (χ2v) is 11.1. The lowest BCUT2D eigenvalue weighted by Gasteiger charge is -2.13. The van der Waals surface area contributed by atoms with Crippen molar-refractivity contribution in [3.05, 3.63) is 114 Å². The maximum Gasteiger partial charge on any atom is 0.323 e. The van der Waals surface area contributed by atoms with Crippen LogP contribution in [0.3, 0.4) is 0 Å². The third-order valence-electron chi connectivity index (χ3n) is 6.02. The van der Waals surface area contributed by atoms with Crippen LogP contribution in [0.5, 0.6) is 17.2 Å². The van der Waals surface area contributed by atoms with Gasteiger partial charge in [-0.15, -0.1) is 0 Å². The Labute approximate surface area is 236 Å². The predicted molar refractivity (Wildman–Crippen MR) is 156 cm³/mol. The minimum absolute atomic E-state index is 0.110. The molecule has 1 aromatic heterocycles. The highest BCUT2D eigenvalue weighted by molar-refractivity contribution is 7.90. The van der Waals surface area contributed by atoms with Crippen molar-refractivity contribution in [3.63, 3.8) is 0 Å². The number of rotatable bonds is 8. The molecule has 0 spiro atoms. The number of fused-ring (bicyclic) bond motifs is 1. The summed E-state index contributed by atoms with van der Waals surface area (Å²) in [5.74, 6) is 1.45. The molecule has 0 aliphatic rings. The summed E-state index contributed by atoms with van der Waals surface area (Å²) < 4.78 is 35.5. The van der Waals surface area contributed by atoms with Gasteiger partial charge in [-0.1, -0.05) is 36.4 Å². The van der Waals surface area contributed by atoms with E-state index in [-0.39, 0.29) is 4.90 Å². The van der Waals surface area contributed by atoms with Crippen LogP contribution < -0.4 is 20.1 Å². The standard InChI is InChI=1S/C31H24N4O5S/c1-41(37,38)26-9-5-8-24(17-26)35-31(36)34-23-10-12-25(13-11-23)40-29-14-15-33-28-18-30(22(19-32)16-27(28)29)39-20-21-6-3-2-4-7-21/h2-18H,20H2,1H3,(H2,34,35,36). The number of aromatic nitrogens is 1. The molecular formula is C31H24N4O5S. The molecular weight excluding hydrogens is 540 g/mol. The fourth-order valence-electron chi connectivity index (χ4n) is 4.01. The lowest BCUT2D eigenvalue weighted by Crippen LogP contribution is -2.19. The van der Waals surface area contributed by atoms with Crippen molar-refractivity contribution in [3.8, 4) is 23.3 Å². The highest BCUT2D eigenvalue weighted by Crippen LogP contribution is 2.33. The molecule has 0 fully saturated rings. The van der Waals surface area contributed by atoms with E-state index in [1.165, 1.54) is 12.1 Å². The second kappa shape index (κ2) is 11.8. The van der Waals surface area contributed by atoms with Crippen molar-refractivity contribution in [2.45, 2.75) is 11.5 Å². The van der Waals surface area contributed by atoms with Gasteiger partial charge in [0.15, 0.2) is 9.84 Å². The third kappa shape index (κ3) is 6.79. The Hall–Kier alpha value is -5.40.